The number of ether oxygens (including phenoxy) is 1. The molecule has 1 amide bonds. The number of hydrogen-bond acceptors (Lipinski definition) is 3. The molecule has 0 bridgehead atoms. The van der Waals surface area contributed by atoms with Crippen LogP contribution in [0, 0.1) is 0 Å². The molecule has 0 radical (unpaired) electrons. The number of para-hydroxylation sites is 1. The number of likely N-dealkylation sites (tertiary alicyclic amines) is 1. The number of nitrogens with one attached hydrogen (secondary N) is 2. The molecule has 1 aromatic heterocycles. The summed E-state index contributed by atoms with van der Waals surface area (Å²) in [4.78, 5) is 15.1. The van der Waals surface area contributed by atoms with Gasteiger partial charge in [-0.25, -0.2) is 0 Å². The number of benzene rings is 1. The Hall–Kier alpha value is -1.85. The van der Waals surface area contributed by atoms with Crippen molar-refractivity contribution in [3.05, 3.63) is 52.2 Å². The molecule has 1 aliphatic heterocycles. The number of amides is 1. The van der Waals surface area contributed by atoms with E-state index in [-0.39, 0.29) is 5.91 Å². The maximum Gasteiger partial charge on any atom is 0.275 e. The van der Waals surface area contributed by atoms with Crippen LogP contribution in [0.1, 0.15) is 29.3 Å². The minimum absolute atomic E-state index is 0.142. The van der Waals surface area contributed by atoms with Gasteiger partial charge in [0.05, 0.1) is 18.5 Å². The Morgan fingerprint density at radius 3 is 3.00 bits per heavy atom. The maximum atomic E-state index is 12.3. The summed E-state index contributed by atoms with van der Waals surface area (Å²) >= 11 is 1.80. The van der Waals surface area contributed by atoms with Gasteiger partial charge >= 0.3 is 0 Å². The maximum absolute atomic E-state index is 12.3. The van der Waals surface area contributed by atoms with Gasteiger partial charge in [-0.2, -0.15) is 0 Å². The lowest BCUT2D eigenvalue weighted by Crippen LogP contribution is -3.11. The van der Waals surface area contributed by atoms with Crippen molar-refractivity contribution in [1.29, 1.82) is 0 Å². The molecule has 0 spiro atoms. The Morgan fingerprint density at radius 1 is 1.33 bits per heavy atom. The number of carbonyl (C=O) groups excluding carboxylic acids is 1. The molecule has 1 aliphatic rings. The first-order valence-corrected chi connectivity index (χ1v) is 9.42. The Bertz CT molecular complexity index is 657. The van der Waals surface area contributed by atoms with E-state index in [9.17, 15) is 4.79 Å². The zero-order chi connectivity index (χ0) is 16.8. The van der Waals surface area contributed by atoms with Gasteiger partial charge in [-0.05, 0) is 29.5 Å². The smallest absolute Gasteiger partial charge is 0.275 e. The fourth-order valence-electron chi connectivity index (χ4n) is 3.47. The van der Waals surface area contributed by atoms with E-state index in [1.54, 1.807) is 18.4 Å². The van der Waals surface area contributed by atoms with Gasteiger partial charge in [0.1, 0.15) is 11.8 Å². The average Bonchev–Trinajstić information content (AvgIpc) is 3.26. The molecule has 0 aliphatic carbocycles. The minimum atomic E-state index is 0.142. The van der Waals surface area contributed by atoms with Crippen molar-refractivity contribution < 1.29 is 14.4 Å². The third kappa shape index (κ3) is 4.16. The molecule has 128 valence electrons. The van der Waals surface area contributed by atoms with Crippen LogP contribution in [0.15, 0.2) is 41.8 Å². The predicted molar refractivity (Wildman–Crippen MR) is 96.7 cm³/mol. The van der Waals surface area contributed by atoms with E-state index in [4.69, 9.17) is 4.74 Å². The Balaban J connectivity index is 1.47. The molecule has 2 atom stereocenters. The van der Waals surface area contributed by atoms with Crippen LogP contribution in [0.4, 0.5) is 0 Å². The molecule has 3 rings (SSSR count). The number of hydrogen-bond donors (Lipinski definition) is 2. The van der Waals surface area contributed by atoms with Gasteiger partial charge in [-0.15, -0.1) is 11.3 Å². The molecule has 2 heterocycles. The van der Waals surface area contributed by atoms with Crippen molar-refractivity contribution in [2.75, 3.05) is 26.7 Å². The third-order valence-electron chi connectivity index (χ3n) is 4.67. The largest absolute Gasteiger partial charge is 0.496 e. The zero-order valence-corrected chi connectivity index (χ0v) is 14.9. The molecule has 0 saturated carbocycles. The monoisotopic (exact) mass is 345 g/mol. The summed E-state index contributed by atoms with van der Waals surface area (Å²) in [6.45, 7) is 2.30. The van der Waals surface area contributed by atoms with Gasteiger partial charge in [0.2, 0.25) is 0 Å². The first-order chi connectivity index (χ1) is 11.8. The molecule has 1 fully saturated rings. The number of quaternary nitrogens is 1. The van der Waals surface area contributed by atoms with E-state index < -0.39 is 0 Å². The molecular weight excluding hydrogens is 320 g/mol. The van der Waals surface area contributed by atoms with Crippen LogP contribution in [0.3, 0.4) is 0 Å². The van der Waals surface area contributed by atoms with Crippen LogP contribution in [0.5, 0.6) is 5.75 Å². The van der Waals surface area contributed by atoms with Crippen LogP contribution < -0.4 is 15.0 Å². The van der Waals surface area contributed by atoms with Crippen LogP contribution in [-0.2, 0) is 11.2 Å². The van der Waals surface area contributed by atoms with Crippen LogP contribution in [-0.4, -0.2) is 32.7 Å². The highest BCUT2D eigenvalue weighted by molar-refractivity contribution is 7.10. The minimum Gasteiger partial charge on any atom is -0.496 e. The lowest BCUT2D eigenvalue weighted by atomic mass is 10.1. The van der Waals surface area contributed by atoms with Gasteiger partial charge in [-0.1, -0.05) is 24.3 Å². The number of rotatable bonds is 7. The Kier molecular flexibility index (Phi) is 5.88. The Morgan fingerprint density at radius 2 is 2.21 bits per heavy atom. The Labute approximate surface area is 147 Å². The molecule has 1 aromatic carbocycles. The van der Waals surface area contributed by atoms with Crippen LogP contribution in [0.2, 0.25) is 0 Å². The average molecular weight is 345 g/mol. The zero-order valence-electron chi connectivity index (χ0n) is 14.1. The molecular formula is C19H25N2O2S+. The van der Waals surface area contributed by atoms with Crippen LogP contribution >= 0.6 is 11.3 Å². The van der Waals surface area contributed by atoms with E-state index >= 15 is 0 Å². The molecule has 2 aromatic rings. The highest BCUT2D eigenvalue weighted by Crippen LogP contribution is 2.23. The van der Waals surface area contributed by atoms with Gasteiger partial charge in [0.25, 0.3) is 5.91 Å². The van der Waals surface area contributed by atoms with E-state index in [1.807, 2.05) is 24.3 Å². The molecule has 2 N–H and O–H groups in total. The molecule has 1 saturated heterocycles. The summed E-state index contributed by atoms with van der Waals surface area (Å²) in [5, 5.41) is 5.19. The summed E-state index contributed by atoms with van der Waals surface area (Å²) in [5.41, 5.74) is 1.13. The van der Waals surface area contributed by atoms with E-state index in [1.165, 1.54) is 22.6 Å². The quantitative estimate of drug-likeness (QED) is 0.804. The topological polar surface area (TPSA) is 42.8 Å². The first kappa shape index (κ1) is 17.0. The molecule has 4 nitrogen and oxygen atoms in total. The van der Waals surface area contributed by atoms with Crippen molar-refractivity contribution in [2.45, 2.75) is 25.3 Å². The lowest BCUT2D eigenvalue weighted by molar-refractivity contribution is -0.910. The van der Waals surface area contributed by atoms with Crippen molar-refractivity contribution in [3.8, 4) is 5.75 Å². The van der Waals surface area contributed by atoms with E-state index in [2.05, 4.69) is 22.8 Å². The van der Waals surface area contributed by atoms with Crippen molar-refractivity contribution in [1.82, 2.24) is 5.32 Å². The number of carbonyl (C=O) groups is 1. The predicted octanol–water partition coefficient (Wildman–Crippen LogP) is 1.84. The fraction of sp³-hybridized carbons (Fsp3) is 0.421. The first-order valence-electron chi connectivity index (χ1n) is 8.54. The van der Waals surface area contributed by atoms with Crippen molar-refractivity contribution in [3.63, 3.8) is 0 Å². The van der Waals surface area contributed by atoms with Crippen LogP contribution in [0.25, 0.3) is 0 Å². The number of thiophene rings is 1. The highest BCUT2D eigenvalue weighted by atomic mass is 32.1. The summed E-state index contributed by atoms with van der Waals surface area (Å²) in [7, 11) is 1.68. The standard InChI is InChI=1S/C19H24N2O2S/c1-23-17-8-3-2-6-15(17)10-11-20-19(22)14-21-12-4-7-16(21)18-9-5-13-24-18/h2-3,5-6,8-9,13,16H,4,7,10-12,14H2,1H3,(H,20,22)/p+1/t16-/m1/s1. The van der Waals surface area contributed by atoms with E-state index in [0.29, 0.717) is 19.1 Å². The fourth-order valence-corrected chi connectivity index (χ4v) is 4.39. The van der Waals surface area contributed by atoms with Gasteiger partial charge < -0.3 is 15.0 Å². The summed E-state index contributed by atoms with van der Waals surface area (Å²) in [6.07, 6.45) is 3.18. The molecule has 1 unspecified atom stereocenters. The summed E-state index contributed by atoms with van der Waals surface area (Å²) in [5.74, 6) is 1.03. The van der Waals surface area contributed by atoms with Gasteiger partial charge in [0.15, 0.2) is 6.54 Å². The summed E-state index contributed by atoms with van der Waals surface area (Å²) in [6, 6.07) is 12.7. The van der Waals surface area contributed by atoms with Crippen molar-refractivity contribution in [2.24, 2.45) is 0 Å². The third-order valence-corrected chi connectivity index (χ3v) is 5.65. The second-order valence-electron chi connectivity index (χ2n) is 6.21. The highest BCUT2D eigenvalue weighted by Gasteiger charge is 2.32. The SMILES string of the molecule is COc1ccccc1CCNC(=O)C[NH+]1CCC[C@@H]1c1cccs1. The van der Waals surface area contributed by atoms with E-state index in [0.717, 1.165) is 24.3 Å². The molecule has 24 heavy (non-hydrogen) atoms. The normalized spacial score (nSPS) is 20.0. The lowest BCUT2D eigenvalue weighted by Gasteiger charge is -2.20. The molecule has 5 heteroatoms. The second kappa shape index (κ2) is 8.31. The summed E-state index contributed by atoms with van der Waals surface area (Å²) < 4.78 is 5.35. The van der Waals surface area contributed by atoms with Gasteiger partial charge in [-0.3, -0.25) is 4.79 Å². The van der Waals surface area contributed by atoms with Crippen molar-refractivity contribution >= 4 is 17.2 Å². The number of methoxy groups -OCH3 is 1. The second-order valence-corrected chi connectivity index (χ2v) is 7.19. The van der Waals surface area contributed by atoms with Gasteiger partial charge in [0, 0.05) is 19.4 Å².